The highest BCUT2D eigenvalue weighted by Crippen LogP contribution is 2.31. The molecule has 0 aromatic heterocycles. The summed E-state index contributed by atoms with van der Waals surface area (Å²) in [5, 5.41) is 3.20. The lowest BCUT2D eigenvalue weighted by Crippen LogP contribution is -2.27. The minimum Gasteiger partial charge on any atom is -0.490 e. The van der Waals surface area contributed by atoms with E-state index < -0.39 is 9.84 Å². The molecule has 1 rings (SSSR count). The number of nitrogens with one attached hydrogen (secondary N) is 1. The Morgan fingerprint density at radius 3 is 2.24 bits per heavy atom. The lowest BCUT2D eigenvalue weighted by Gasteiger charge is -2.19. The fraction of sp³-hybridized carbons (Fsp3) is 0.600. The second-order valence-electron chi connectivity index (χ2n) is 4.77. The minimum absolute atomic E-state index is 0.0559. The molecule has 0 amide bonds. The summed E-state index contributed by atoms with van der Waals surface area (Å²) in [6.45, 7) is 7.54. The van der Waals surface area contributed by atoms with Crippen LogP contribution in [0.15, 0.2) is 18.2 Å². The van der Waals surface area contributed by atoms with Crippen LogP contribution in [-0.2, 0) is 9.84 Å². The molecule has 1 aromatic carbocycles. The van der Waals surface area contributed by atoms with Gasteiger partial charge < -0.3 is 14.8 Å². The van der Waals surface area contributed by atoms with Gasteiger partial charge in [-0.15, -0.1) is 0 Å². The van der Waals surface area contributed by atoms with Crippen LogP contribution in [0.3, 0.4) is 0 Å². The van der Waals surface area contributed by atoms with E-state index in [9.17, 15) is 8.42 Å². The van der Waals surface area contributed by atoms with E-state index >= 15 is 0 Å². The van der Waals surface area contributed by atoms with Gasteiger partial charge in [0.05, 0.1) is 19.0 Å². The van der Waals surface area contributed by atoms with E-state index in [-0.39, 0.29) is 11.8 Å². The molecule has 1 unspecified atom stereocenters. The predicted molar refractivity (Wildman–Crippen MR) is 84.9 cm³/mol. The fourth-order valence-electron chi connectivity index (χ4n) is 2.11. The van der Waals surface area contributed by atoms with Gasteiger partial charge in [-0.3, -0.25) is 0 Å². The molecule has 0 heterocycles. The Morgan fingerprint density at radius 2 is 1.71 bits per heavy atom. The van der Waals surface area contributed by atoms with Crippen LogP contribution in [0.25, 0.3) is 0 Å². The molecule has 0 saturated heterocycles. The van der Waals surface area contributed by atoms with E-state index in [0.29, 0.717) is 31.3 Å². The summed E-state index contributed by atoms with van der Waals surface area (Å²) in [5.41, 5.74) is 0.883. The van der Waals surface area contributed by atoms with Crippen molar-refractivity contribution in [1.82, 2.24) is 5.32 Å². The first kappa shape index (κ1) is 17.8. The zero-order valence-corrected chi connectivity index (χ0v) is 14.0. The zero-order chi connectivity index (χ0) is 15.9. The third-order valence-electron chi connectivity index (χ3n) is 2.89. The van der Waals surface area contributed by atoms with Gasteiger partial charge in [0.25, 0.3) is 0 Å². The molecule has 0 aliphatic carbocycles. The molecule has 0 aliphatic heterocycles. The predicted octanol–water partition coefficient (Wildman–Crippen LogP) is 2.18. The van der Waals surface area contributed by atoms with Crippen LogP contribution in [0.4, 0.5) is 0 Å². The lowest BCUT2D eigenvalue weighted by atomic mass is 10.1. The van der Waals surface area contributed by atoms with Gasteiger partial charge in [0.1, 0.15) is 9.84 Å². The minimum atomic E-state index is -3.07. The van der Waals surface area contributed by atoms with Crippen molar-refractivity contribution in [1.29, 1.82) is 0 Å². The first-order chi connectivity index (χ1) is 9.91. The smallest absolute Gasteiger partial charge is 0.161 e. The van der Waals surface area contributed by atoms with Crippen molar-refractivity contribution >= 4 is 9.84 Å². The Morgan fingerprint density at radius 1 is 1.10 bits per heavy atom. The van der Waals surface area contributed by atoms with Gasteiger partial charge in [-0.25, -0.2) is 8.42 Å². The van der Waals surface area contributed by atoms with Gasteiger partial charge in [0, 0.05) is 12.3 Å². The lowest BCUT2D eigenvalue weighted by molar-refractivity contribution is 0.287. The largest absolute Gasteiger partial charge is 0.490 e. The second-order valence-corrected chi connectivity index (χ2v) is 6.96. The average molecular weight is 315 g/mol. The molecule has 6 heteroatoms. The summed E-state index contributed by atoms with van der Waals surface area (Å²) >= 11 is 0. The molecular weight excluding hydrogens is 290 g/mol. The first-order valence-electron chi connectivity index (χ1n) is 7.21. The van der Waals surface area contributed by atoms with E-state index in [1.54, 1.807) is 0 Å². The van der Waals surface area contributed by atoms with Gasteiger partial charge in [-0.05, 0) is 38.1 Å². The van der Waals surface area contributed by atoms with Gasteiger partial charge in [-0.2, -0.15) is 0 Å². The van der Waals surface area contributed by atoms with Crippen LogP contribution < -0.4 is 14.8 Å². The highest BCUT2D eigenvalue weighted by molar-refractivity contribution is 7.90. The number of hydrogen-bond donors (Lipinski definition) is 1. The SMILES string of the molecule is CCNC(CS(C)(=O)=O)c1ccc(OCC)c(OCC)c1. The highest BCUT2D eigenvalue weighted by atomic mass is 32.2. The Balaban J connectivity index is 3.10. The standard InChI is InChI=1S/C15H25NO4S/c1-5-16-13(11-21(4,17)18)12-8-9-14(19-6-2)15(10-12)20-7-3/h8-10,13,16H,5-7,11H2,1-4H3. The van der Waals surface area contributed by atoms with Crippen LogP contribution >= 0.6 is 0 Å². The van der Waals surface area contributed by atoms with Crippen molar-refractivity contribution in [2.24, 2.45) is 0 Å². The molecule has 0 bridgehead atoms. The van der Waals surface area contributed by atoms with Crippen LogP contribution in [0.1, 0.15) is 32.4 Å². The van der Waals surface area contributed by atoms with Gasteiger partial charge in [0.2, 0.25) is 0 Å². The second kappa shape index (κ2) is 8.24. The monoisotopic (exact) mass is 315 g/mol. The van der Waals surface area contributed by atoms with Crippen molar-refractivity contribution in [3.05, 3.63) is 23.8 Å². The normalized spacial score (nSPS) is 13.0. The Labute approximate surface area is 127 Å². The van der Waals surface area contributed by atoms with Crippen molar-refractivity contribution in [2.45, 2.75) is 26.8 Å². The molecule has 1 aromatic rings. The van der Waals surface area contributed by atoms with Crippen molar-refractivity contribution in [3.8, 4) is 11.5 Å². The number of benzene rings is 1. The zero-order valence-electron chi connectivity index (χ0n) is 13.2. The van der Waals surface area contributed by atoms with Crippen molar-refractivity contribution in [2.75, 3.05) is 31.8 Å². The van der Waals surface area contributed by atoms with E-state index in [2.05, 4.69) is 5.32 Å². The number of rotatable bonds is 9. The van der Waals surface area contributed by atoms with Gasteiger partial charge in [-0.1, -0.05) is 13.0 Å². The Hall–Kier alpha value is -1.27. The van der Waals surface area contributed by atoms with Crippen molar-refractivity contribution < 1.29 is 17.9 Å². The molecule has 1 atom stereocenters. The number of sulfone groups is 1. The number of hydrogen-bond acceptors (Lipinski definition) is 5. The number of ether oxygens (including phenoxy) is 2. The first-order valence-corrected chi connectivity index (χ1v) is 9.27. The molecule has 0 fully saturated rings. The third-order valence-corrected chi connectivity index (χ3v) is 3.83. The van der Waals surface area contributed by atoms with Gasteiger partial charge in [0.15, 0.2) is 11.5 Å². The molecule has 120 valence electrons. The Bertz CT molecular complexity index is 543. The fourth-order valence-corrected chi connectivity index (χ4v) is 3.02. The molecule has 1 N–H and O–H groups in total. The molecule has 0 saturated carbocycles. The van der Waals surface area contributed by atoms with E-state index in [0.717, 1.165) is 5.56 Å². The molecule has 0 spiro atoms. The summed E-state index contributed by atoms with van der Waals surface area (Å²) in [4.78, 5) is 0. The van der Waals surface area contributed by atoms with Crippen molar-refractivity contribution in [3.63, 3.8) is 0 Å². The molecule has 5 nitrogen and oxygen atoms in total. The molecular formula is C15H25NO4S. The van der Waals surface area contributed by atoms with E-state index in [1.807, 2.05) is 39.0 Å². The summed E-state index contributed by atoms with van der Waals surface area (Å²) in [7, 11) is -3.07. The van der Waals surface area contributed by atoms with E-state index in [1.165, 1.54) is 6.26 Å². The maximum atomic E-state index is 11.6. The van der Waals surface area contributed by atoms with Crippen LogP contribution in [0, 0.1) is 0 Å². The topological polar surface area (TPSA) is 64.6 Å². The average Bonchev–Trinajstić information content (AvgIpc) is 2.39. The third kappa shape index (κ3) is 5.93. The van der Waals surface area contributed by atoms with Crippen LogP contribution in [0.2, 0.25) is 0 Å². The summed E-state index contributed by atoms with van der Waals surface area (Å²) in [6.07, 6.45) is 1.25. The summed E-state index contributed by atoms with van der Waals surface area (Å²) in [6, 6.07) is 5.31. The quantitative estimate of drug-likeness (QED) is 0.756. The van der Waals surface area contributed by atoms with E-state index in [4.69, 9.17) is 9.47 Å². The molecule has 21 heavy (non-hydrogen) atoms. The van der Waals surface area contributed by atoms with Gasteiger partial charge >= 0.3 is 0 Å². The maximum Gasteiger partial charge on any atom is 0.161 e. The maximum absolute atomic E-state index is 11.6. The van der Waals surface area contributed by atoms with Crippen LogP contribution in [0.5, 0.6) is 11.5 Å². The molecule has 0 radical (unpaired) electrons. The summed E-state index contributed by atoms with van der Waals surface area (Å²) in [5.74, 6) is 1.38. The van der Waals surface area contributed by atoms with Crippen LogP contribution in [-0.4, -0.2) is 40.2 Å². The highest BCUT2D eigenvalue weighted by Gasteiger charge is 2.18. The molecule has 0 aliphatic rings. The Kier molecular flexibility index (Phi) is 6.98. The summed E-state index contributed by atoms with van der Waals surface area (Å²) < 4.78 is 34.3.